The molecule has 0 aromatic heterocycles. The summed E-state index contributed by atoms with van der Waals surface area (Å²) in [5.41, 5.74) is 1.14. The maximum Gasteiger partial charge on any atom is 0.290 e. The molecule has 0 saturated carbocycles. The van der Waals surface area contributed by atoms with Gasteiger partial charge in [0, 0.05) is 0 Å². The number of allylic oxidation sites excluding steroid dienone is 1. The number of benzene rings is 2. The van der Waals surface area contributed by atoms with E-state index in [9.17, 15) is 24.6 Å². The number of carbonyl (C=O) groups is 3. The molecule has 1 atom stereocenters. The zero-order chi connectivity index (χ0) is 19.4. The summed E-state index contributed by atoms with van der Waals surface area (Å²) >= 11 is 0. The second-order valence-electron chi connectivity index (χ2n) is 5.99. The first kappa shape index (κ1) is 18.1. The van der Waals surface area contributed by atoms with Crippen molar-refractivity contribution < 1.29 is 24.6 Å². The molecule has 0 bridgehead atoms. The van der Waals surface area contributed by atoms with Crippen LogP contribution in [0.1, 0.15) is 17.2 Å². The summed E-state index contributed by atoms with van der Waals surface area (Å²) in [6.07, 6.45) is 2.82. The van der Waals surface area contributed by atoms with Gasteiger partial charge in [-0.25, -0.2) is 0 Å². The van der Waals surface area contributed by atoms with Crippen LogP contribution in [0, 0.1) is 0 Å². The van der Waals surface area contributed by atoms with Crippen LogP contribution in [-0.2, 0) is 14.4 Å². The van der Waals surface area contributed by atoms with Crippen LogP contribution in [0.3, 0.4) is 0 Å². The molecule has 1 aliphatic heterocycles. The summed E-state index contributed by atoms with van der Waals surface area (Å²) in [6.45, 7) is -0.734. The lowest BCUT2D eigenvalue weighted by Gasteiger charge is -2.26. The van der Waals surface area contributed by atoms with Crippen LogP contribution in [0.4, 0.5) is 0 Å². The Morgan fingerprint density at radius 2 is 1.63 bits per heavy atom. The van der Waals surface area contributed by atoms with Gasteiger partial charge in [0.1, 0.15) is 0 Å². The van der Waals surface area contributed by atoms with Gasteiger partial charge in [0.2, 0.25) is 0 Å². The molecule has 3 rings (SSSR count). The Bertz CT molecular complexity index is 932. The van der Waals surface area contributed by atoms with Gasteiger partial charge < -0.3 is 19.9 Å². The van der Waals surface area contributed by atoms with Gasteiger partial charge in [-0.3, -0.25) is 9.59 Å². The van der Waals surface area contributed by atoms with Crippen molar-refractivity contribution in [3.8, 4) is 0 Å². The summed E-state index contributed by atoms with van der Waals surface area (Å²) < 4.78 is 0. The minimum absolute atomic E-state index is 0.153. The topological polar surface area (TPSA) is 97.7 Å². The van der Waals surface area contributed by atoms with E-state index in [2.05, 4.69) is 0 Å². The molecule has 0 radical (unpaired) electrons. The Kier molecular flexibility index (Phi) is 5.17. The predicted octanol–water partition coefficient (Wildman–Crippen LogP) is 1.41. The van der Waals surface area contributed by atoms with E-state index < -0.39 is 36.0 Å². The Morgan fingerprint density at radius 1 is 1.04 bits per heavy atom. The van der Waals surface area contributed by atoms with Crippen LogP contribution in [0.25, 0.3) is 6.08 Å². The van der Waals surface area contributed by atoms with Gasteiger partial charge in [-0.1, -0.05) is 66.7 Å². The van der Waals surface area contributed by atoms with Crippen molar-refractivity contribution in [1.29, 1.82) is 0 Å². The van der Waals surface area contributed by atoms with E-state index in [4.69, 9.17) is 0 Å². The predicted molar refractivity (Wildman–Crippen MR) is 96.0 cm³/mol. The molecule has 2 aromatic carbocycles. The summed E-state index contributed by atoms with van der Waals surface area (Å²) in [4.78, 5) is 37.1. The minimum Gasteiger partial charge on any atom is -0.548 e. The molecule has 0 aliphatic carbocycles. The maximum atomic E-state index is 12.7. The summed E-state index contributed by atoms with van der Waals surface area (Å²) in [5, 5.41) is 21.3. The smallest absolute Gasteiger partial charge is 0.290 e. The van der Waals surface area contributed by atoms with E-state index in [-0.39, 0.29) is 5.57 Å². The van der Waals surface area contributed by atoms with E-state index in [1.165, 1.54) is 6.08 Å². The molecule has 1 aliphatic rings. The van der Waals surface area contributed by atoms with Crippen LogP contribution in [0.2, 0.25) is 0 Å². The minimum atomic E-state index is -1.48. The van der Waals surface area contributed by atoms with Crippen LogP contribution in [0.15, 0.2) is 78.1 Å². The van der Waals surface area contributed by atoms with Gasteiger partial charge in [0.25, 0.3) is 5.91 Å². The molecule has 136 valence electrons. The zero-order valence-corrected chi connectivity index (χ0v) is 14.2. The average molecular weight is 362 g/mol. The van der Waals surface area contributed by atoms with Crippen molar-refractivity contribution >= 4 is 23.7 Å². The SMILES string of the molecule is O=C([O-])CN1C(=O)C(O)=C(C(=O)/C=C\c2ccccc2)[C@H]1c1ccccc1. The largest absolute Gasteiger partial charge is 0.548 e. The van der Waals surface area contributed by atoms with Crippen molar-refractivity contribution in [2.75, 3.05) is 6.54 Å². The van der Waals surface area contributed by atoms with Crippen LogP contribution in [-0.4, -0.2) is 34.2 Å². The first-order chi connectivity index (χ1) is 13.0. The molecule has 0 unspecified atom stereocenters. The van der Waals surface area contributed by atoms with Crippen molar-refractivity contribution in [2.24, 2.45) is 0 Å². The lowest BCUT2D eigenvalue weighted by atomic mass is 9.95. The standard InChI is InChI=1S/C21H17NO5/c23-16(12-11-14-7-3-1-4-8-14)18-19(15-9-5-2-6-10-15)22(13-17(24)25)21(27)20(18)26/h1-12,19,26H,13H2,(H,24,25)/p-1/b12-11-/t19-/m1/s1. The quantitative estimate of drug-likeness (QED) is 0.784. The summed E-state index contributed by atoms with van der Waals surface area (Å²) in [6, 6.07) is 16.6. The van der Waals surface area contributed by atoms with E-state index in [1.807, 2.05) is 18.2 Å². The normalized spacial score (nSPS) is 17.0. The fourth-order valence-corrected chi connectivity index (χ4v) is 3.02. The molecule has 1 heterocycles. The highest BCUT2D eigenvalue weighted by molar-refractivity contribution is 6.14. The van der Waals surface area contributed by atoms with Gasteiger partial charge >= 0.3 is 0 Å². The van der Waals surface area contributed by atoms with Crippen molar-refractivity contribution in [2.45, 2.75) is 6.04 Å². The van der Waals surface area contributed by atoms with E-state index >= 15 is 0 Å². The highest BCUT2D eigenvalue weighted by atomic mass is 16.4. The number of hydrogen-bond donors (Lipinski definition) is 1. The number of ketones is 1. The average Bonchev–Trinajstić information content (AvgIpc) is 2.92. The van der Waals surface area contributed by atoms with Crippen molar-refractivity contribution in [3.63, 3.8) is 0 Å². The molecular formula is C21H16NO5-. The Balaban J connectivity index is 1.99. The molecule has 0 saturated heterocycles. The molecule has 6 heteroatoms. The van der Waals surface area contributed by atoms with E-state index in [0.29, 0.717) is 5.56 Å². The third kappa shape index (κ3) is 3.79. The number of nitrogens with zero attached hydrogens (tertiary/aromatic N) is 1. The number of carboxylic acid groups (broad SMARTS) is 1. The monoisotopic (exact) mass is 362 g/mol. The van der Waals surface area contributed by atoms with Crippen LogP contribution >= 0.6 is 0 Å². The molecule has 6 nitrogen and oxygen atoms in total. The second-order valence-corrected chi connectivity index (χ2v) is 5.99. The fourth-order valence-electron chi connectivity index (χ4n) is 3.02. The molecule has 1 amide bonds. The van der Waals surface area contributed by atoms with E-state index in [1.54, 1.807) is 48.5 Å². The summed E-state index contributed by atoms with van der Waals surface area (Å²) in [5.74, 6) is -3.71. The van der Waals surface area contributed by atoms with Crippen molar-refractivity contribution in [1.82, 2.24) is 4.90 Å². The van der Waals surface area contributed by atoms with Crippen LogP contribution in [0.5, 0.6) is 0 Å². The number of aliphatic hydroxyl groups is 1. The molecule has 27 heavy (non-hydrogen) atoms. The summed E-state index contributed by atoms with van der Waals surface area (Å²) in [7, 11) is 0. The number of carboxylic acids is 1. The Morgan fingerprint density at radius 3 is 2.22 bits per heavy atom. The van der Waals surface area contributed by atoms with Gasteiger partial charge in [0.05, 0.1) is 24.1 Å². The maximum absolute atomic E-state index is 12.7. The molecule has 0 spiro atoms. The number of rotatable bonds is 6. The Hall–Kier alpha value is -3.67. The van der Waals surface area contributed by atoms with E-state index in [0.717, 1.165) is 10.5 Å². The van der Waals surface area contributed by atoms with Crippen molar-refractivity contribution in [3.05, 3.63) is 89.2 Å². The number of aliphatic carboxylic acids is 1. The van der Waals surface area contributed by atoms with Gasteiger partial charge in [-0.15, -0.1) is 0 Å². The molecule has 1 N–H and O–H groups in total. The first-order valence-corrected chi connectivity index (χ1v) is 8.25. The van der Waals surface area contributed by atoms with Gasteiger partial charge in [-0.2, -0.15) is 0 Å². The zero-order valence-electron chi connectivity index (χ0n) is 14.2. The Labute approximate surface area is 155 Å². The highest BCUT2D eigenvalue weighted by Gasteiger charge is 2.42. The van der Waals surface area contributed by atoms with Gasteiger partial charge in [0.15, 0.2) is 11.5 Å². The molecular weight excluding hydrogens is 346 g/mol. The number of carbonyl (C=O) groups excluding carboxylic acids is 3. The lowest BCUT2D eigenvalue weighted by molar-refractivity contribution is -0.306. The van der Waals surface area contributed by atoms with Crippen LogP contribution < -0.4 is 5.11 Å². The number of hydrogen-bond acceptors (Lipinski definition) is 5. The third-order valence-corrected chi connectivity index (χ3v) is 4.21. The second kappa shape index (κ2) is 7.70. The number of aliphatic hydroxyl groups excluding tert-OH is 1. The lowest BCUT2D eigenvalue weighted by Crippen LogP contribution is -2.41. The molecule has 2 aromatic rings. The molecule has 0 fully saturated rings. The van der Waals surface area contributed by atoms with Gasteiger partial charge in [-0.05, 0) is 17.2 Å². The fraction of sp³-hybridized carbons (Fsp3) is 0.0952. The first-order valence-electron chi connectivity index (χ1n) is 8.25. The number of amides is 1. The third-order valence-electron chi connectivity index (χ3n) is 4.21. The highest BCUT2D eigenvalue weighted by Crippen LogP contribution is 2.37.